The number of nitrogens with zero attached hydrogens (tertiary/aromatic N) is 5. The lowest BCUT2D eigenvalue weighted by atomic mass is 10.2. The van der Waals surface area contributed by atoms with E-state index in [-0.39, 0.29) is 6.10 Å². The van der Waals surface area contributed by atoms with Gasteiger partial charge in [-0.1, -0.05) is 11.3 Å². The minimum Gasteiger partial charge on any atom is -0.469 e. The van der Waals surface area contributed by atoms with Gasteiger partial charge in [-0.25, -0.2) is 0 Å². The molecule has 3 heterocycles. The highest BCUT2D eigenvalue weighted by atomic mass is 32.1. The maximum Gasteiger partial charge on any atom is 0.294 e. The molecule has 0 amide bonds. The summed E-state index contributed by atoms with van der Waals surface area (Å²) in [4.78, 5) is 2.36. The molecule has 0 aliphatic carbocycles. The molecular formula is C15H23N5O2S. The summed E-state index contributed by atoms with van der Waals surface area (Å²) in [6.07, 6.45) is 0.154. The number of hydrogen-bond acceptors (Lipinski definition) is 7. The first-order valence-corrected chi connectivity index (χ1v) is 8.76. The zero-order valence-corrected chi connectivity index (χ0v) is 14.7. The molecule has 126 valence electrons. The van der Waals surface area contributed by atoms with E-state index in [9.17, 15) is 0 Å². The molecule has 1 aliphatic rings. The summed E-state index contributed by atoms with van der Waals surface area (Å²) in [6, 6.07) is 2.09. The van der Waals surface area contributed by atoms with Gasteiger partial charge in [-0.15, -0.1) is 10.2 Å². The first-order chi connectivity index (χ1) is 11.1. The van der Waals surface area contributed by atoms with Gasteiger partial charge in [-0.05, 0) is 26.8 Å². The molecular weight excluding hydrogens is 314 g/mol. The summed E-state index contributed by atoms with van der Waals surface area (Å²) in [5.41, 5.74) is 2.22. The Morgan fingerprint density at radius 1 is 1.39 bits per heavy atom. The number of ether oxygens (including phenoxy) is 2. The Balaban J connectivity index is 1.56. The van der Waals surface area contributed by atoms with Gasteiger partial charge in [0.05, 0.1) is 38.1 Å². The van der Waals surface area contributed by atoms with Crippen LogP contribution in [-0.4, -0.2) is 57.3 Å². The SMILES string of the molecule is CCOc1nnc(CN2CCOC(Cn3nc(C)cc3C)C2)s1. The van der Waals surface area contributed by atoms with E-state index in [1.807, 2.05) is 18.5 Å². The Hall–Kier alpha value is -1.51. The summed E-state index contributed by atoms with van der Waals surface area (Å²) in [6.45, 7) is 10.8. The smallest absolute Gasteiger partial charge is 0.294 e. The average Bonchev–Trinajstić information content (AvgIpc) is 3.07. The summed E-state index contributed by atoms with van der Waals surface area (Å²) in [5.74, 6) is 0. The number of morpholine rings is 1. The summed E-state index contributed by atoms with van der Waals surface area (Å²) in [5, 5.41) is 14.4. The lowest BCUT2D eigenvalue weighted by Gasteiger charge is -2.32. The van der Waals surface area contributed by atoms with Crippen LogP contribution in [0.15, 0.2) is 6.07 Å². The third kappa shape index (κ3) is 4.27. The minimum atomic E-state index is 0.154. The van der Waals surface area contributed by atoms with Crippen LogP contribution in [0, 0.1) is 13.8 Å². The Labute approximate surface area is 140 Å². The maximum absolute atomic E-state index is 5.90. The molecule has 1 aliphatic heterocycles. The van der Waals surface area contributed by atoms with E-state index in [0.29, 0.717) is 11.8 Å². The number of hydrogen-bond donors (Lipinski definition) is 0. The van der Waals surface area contributed by atoms with E-state index in [2.05, 4.69) is 33.2 Å². The van der Waals surface area contributed by atoms with Crippen molar-refractivity contribution >= 4 is 11.3 Å². The topological polar surface area (TPSA) is 65.3 Å². The Bertz CT molecular complexity index is 642. The molecule has 1 fully saturated rings. The highest BCUT2D eigenvalue weighted by molar-refractivity contribution is 7.13. The first kappa shape index (κ1) is 16.4. The van der Waals surface area contributed by atoms with Crippen molar-refractivity contribution < 1.29 is 9.47 Å². The van der Waals surface area contributed by atoms with Crippen molar-refractivity contribution in [2.24, 2.45) is 0 Å². The van der Waals surface area contributed by atoms with Gasteiger partial charge < -0.3 is 9.47 Å². The fourth-order valence-electron chi connectivity index (χ4n) is 2.76. The summed E-state index contributed by atoms with van der Waals surface area (Å²) < 4.78 is 13.3. The third-order valence-corrected chi connectivity index (χ3v) is 4.60. The van der Waals surface area contributed by atoms with E-state index in [0.717, 1.165) is 43.5 Å². The normalized spacial score (nSPS) is 19.2. The molecule has 8 heteroatoms. The second-order valence-corrected chi connectivity index (χ2v) is 6.76. The third-order valence-electron chi connectivity index (χ3n) is 3.78. The first-order valence-electron chi connectivity index (χ1n) is 7.94. The highest BCUT2D eigenvalue weighted by Crippen LogP contribution is 2.20. The molecule has 1 atom stereocenters. The molecule has 0 aromatic carbocycles. The van der Waals surface area contributed by atoms with Crippen molar-refractivity contribution in [1.82, 2.24) is 24.9 Å². The zero-order valence-electron chi connectivity index (χ0n) is 13.9. The van der Waals surface area contributed by atoms with Crippen LogP contribution in [0.1, 0.15) is 23.3 Å². The molecule has 2 aromatic heterocycles. The quantitative estimate of drug-likeness (QED) is 0.799. The van der Waals surface area contributed by atoms with Crippen molar-refractivity contribution in [2.75, 3.05) is 26.3 Å². The van der Waals surface area contributed by atoms with Gasteiger partial charge in [-0.2, -0.15) is 5.10 Å². The van der Waals surface area contributed by atoms with Gasteiger partial charge in [0.2, 0.25) is 0 Å². The molecule has 2 aromatic rings. The molecule has 3 rings (SSSR count). The molecule has 7 nitrogen and oxygen atoms in total. The Kier molecular flexibility index (Phi) is 5.24. The molecule has 0 saturated carbocycles. The number of aryl methyl sites for hydroxylation is 2. The molecule has 0 N–H and O–H groups in total. The molecule has 23 heavy (non-hydrogen) atoms. The van der Waals surface area contributed by atoms with Gasteiger partial charge in [0, 0.05) is 18.8 Å². The molecule has 1 unspecified atom stereocenters. The van der Waals surface area contributed by atoms with Crippen molar-refractivity contribution in [3.05, 3.63) is 22.5 Å². The lowest BCUT2D eigenvalue weighted by molar-refractivity contribution is -0.0405. The number of aromatic nitrogens is 4. The molecule has 0 bridgehead atoms. The van der Waals surface area contributed by atoms with Gasteiger partial charge >= 0.3 is 0 Å². The van der Waals surface area contributed by atoms with Crippen molar-refractivity contribution in [1.29, 1.82) is 0 Å². The van der Waals surface area contributed by atoms with E-state index in [1.165, 1.54) is 17.0 Å². The zero-order chi connectivity index (χ0) is 16.2. The molecule has 1 saturated heterocycles. The van der Waals surface area contributed by atoms with Crippen LogP contribution in [0.5, 0.6) is 5.19 Å². The van der Waals surface area contributed by atoms with E-state index >= 15 is 0 Å². The van der Waals surface area contributed by atoms with Crippen LogP contribution in [0.25, 0.3) is 0 Å². The predicted molar refractivity (Wildman–Crippen MR) is 87.8 cm³/mol. The van der Waals surface area contributed by atoms with Gasteiger partial charge in [-0.3, -0.25) is 9.58 Å². The lowest BCUT2D eigenvalue weighted by Crippen LogP contribution is -2.43. The van der Waals surface area contributed by atoms with Crippen LogP contribution in [-0.2, 0) is 17.8 Å². The van der Waals surface area contributed by atoms with Crippen LogP contribution >= 0.6 is 11.3 Å². The average molecular weight is 337 g/mol. The van der Waals surface area contributed by atoms with Crippen molar-refractivity contribution in [3.63, 3.8) is 0 Å². The predicted octanol–water partition coefficient (Wildman–Crippen LogP) is 1.65. The highest BCUT2D eigenvalue weighted by Gasteiger charge is 2.23. The number of rotatable bonds is 6. The second-order valence-electron chi connectivity index (χ2n) is 5.73. The van der Waals surface area contributed by atoms with Crippen LogP contribution in [0.3, 0.4) is 0 Å². The maximum atomic E-state index is 5.90. The monoisotopic (exact) mass is 337 g/mol. The summed E-state index contributed by atoms with van der Waals surface area (Å²) in [7, 11) is 0. The van der Waals surface area contributed by atoms with Gasteiger partial charge in [0.15, 0.2) is 0 Å². The second kappa shape index (κ2) is 7.37. The molecule has 0 spiro atoms. The van der Waals surface area contributed by atoms with Crippen LogP contribution in [0.2, 0.25) is 0 Å². The largest absolute Gasteiger partial charge is 0.469 e. The van der Waals surface area contributed by atoms with Crippen LogP contribution < -0.4 is 4.74 Å². The Morgan fingerprint density at radius 3 is 3.00 bits per heavy atom. The van der Waals surface area contributed by atoms with Crippen LogP contribution in [0.4, 0.5) is 0 Å². The standard InChI is InChI=1S/C15H23N5O2S/c1-4-21-15-17-16-14(23-15)10-19-5-6-22-13(8-19)9-20-12(3)7-11(2)18-20/h7,13H,4-6,8-10H2,1-3H3. The molecule has 0 radical (unpaired) electrons. The summed E-state index contributed by atoms with van der Waals surface area (Å²) >= 11 is 1.52. The van der Waals surface area contributed by atoms with E-state index < -0.39 is 0 Å². The van der Waals surface area contributed by atoms with E-state index in [4.69, 9.17) is 9.47 Å². The van der Waals surface area contributed by atoms with Crippen molar-refractivity contribution in [3.8, 4) is 5.19 Å². The van der Waals surface area contributed by atoms with Crippen molar-refractivity contribution in [2.45, 2.75) is 40.0 Å². The Morgan fingerprint density at radius 2 is 2.26 bits per heavy atom. The minimum absolute atomic E-state index is 0.154. The fourth-order valence-corrected chi connectivity index (χ4v) is 3.55. The van der Waals surface area contributed by atoms with E-state index in [1.54, 1.807) is 0 Å². The van der Waals surface area contributed by atoms with Gasteiger partial charge in [0.25, 0.3) is 5.19 Å². The fraction of sp³-hybridized carbons (Fsp3) is 0.667. The van der Waals surface area contributed by atoms with Gasteiger partial charge in [0.1, 0.15) is 5.01 Å².